The van der Waals surface area contributed by atoms with Gasteiger partial charge in [0.05, 0.1) is 16.3 Å². The molecule has 5 rings (SSSR count). The number of hydrogen-bond acceptors (Lipinski definition) is 6. The summed E-state index contributed by atoms with van der Waals surface area (Å²) < 4.78 is 7.28. The lowest BCUT2D eigenvalue weighted by Gasteiger charge is -2.27. The molecule has 1 saturated carbocycles. The molecule has 6 heteroatoms. The number of ether oxygens (including phenoxy) is 1. The second-order valence-corrected chi connectivity index (χ2v) is 8.68. The molecule has 2 aromatic carbocycles. The maximum Gasteiger partial charge on any atom is 0.222 e. The molecule has 30 heavy (non-hydrogen) atoms. The van der Waals surface area contributed by atoms with Crippen LogP contribution < -0.4 is 10.1 Å². The maximum atomic E-state index is 10.0. The number of rotatable bonds is 5. The number of aliphatic hydroxyl groups is 1. The van der Waals surface area contributed by atoms with Crippen LogP contribution in [0.15, 0.2) is 66.9 Å². The smallest absolute Gasteiger partial charge is 0.222 e. The van der Waals surface area contributed by atoms with Crippen molar-refractivity contribution >= 4 is 32.4 Å². The van der Waals surface area contributed by atoms with Gasteiger partial charge in [0, 0.05) is 17.4 Å². The Labute approximate surface area is 179 Å². The molecule has 2 aromatic heterocycles. The van der Waals surface area contributed by atoms with Crippen LogP contribution in [-0.4, -0.2) is 21.2 Å². The van der Waals surface area contributed by atoms with E-state index in [0.29, 0.717) is 5.88 Å². The van der Waals surface area contributed by atoms with E-state index < -0.39 is 0 Å². The van der Waals surface area contributed by atoms with Gasteiger partial charge in [0.25, 0.3) is 0 Å². The van der Waals surface area contributed by atoms with Crippen LogP contribution in [0.2, 0.25) is 0 Å². The Bertz CT molecular complexity index is 1110. The standard InChI is InChI=1S/C24H23N3O2S/c28-18-6-3-5-16(15-18)20-7-4-14-25-23(20)29-19-12-10-17(11-13-19)26-24-27-21-8-1-2-9-22(21)30-24/h1-2,4,7-14,16,18,28H,3,5-6,15H2,(H,26,27). The summed E-state index contributed by atoms with van der Waals surface area (Å²) in [5, 5.41) is 14.3. The van der Waals surface area contributed by atoms with Gasteiger partial charge >= 0.3 is 0 Å². The highest BCUT2D eigenvalue weighted by Crippen LogP contribution is 2.38. The molecule has 5 nitrogen and oxygen atoms in total. The third kappa shape index (κ3) is 4.15. The number of aromatic nitrogens is 2. The molecular formula is C24H23N3O2S. The Morgan fingerprint density at radius 3 is 2.70 bits per heavy atom. The zero-order chi connectivity index (χ0) is 20.3. The lowest BCUT2D eigenvalue weighted by Crippen LogP contribution is -2.18. The van der Waals surface area contributed by atoms with Crippen molar-refractivity contribution in [1.29, 1.82) is 0 Å². The molecule has 0 aliphatic heterocycles. The number of aliphatic hydroxyl groups excluding tert-OH is 1. The molecule has 0 saturated heterocycles. The monoisotopic (exact) mass is 417 g/mol. The topological polar surface area (TPSA) is 67.3 Å². The van der Waals surface area contributed by atoms with E-state index in [0.717, 1.165) is 58.0 Å². The van der Waals surface area contributed by atoms with Crippen LogP contribution in [-0.2, 0) is 0 Å². The fourth-order valence-electron chi connectivity index (χ4n) is 4.01. The van der Waals surface area contributed by atoms with Crippen molar-refractivity contribution in [3.8, 4) is 11.6 Å². The predicted molar refractivity (Wildman–Crippen MR) is 121 cm³/mol. The number of fused-ring (bicyclic) bond motifs is 1. The van der Waals surface area contributed by atoms with Gasteiger partial charge in [-0.2, -0.15) is 0 Å². The summed E-state index contributed by atoms with van der Waals surface area (Å²) in [4.78, 5) is 9.07. The number of anilines is 2. The lowest BCUT2D eigenvalue weighted by atomic mass is 9.83. The van der Waals surface area contributed by atoms with Crippen LogP contribution in [0.4, 0.5) is 10.8 Å². The van der Waals surface area contributed by atoms with Crippen molar-refractivity contribution < 1.29 is 9.84 Å². The first-order chi connectivity index (χ1) is 14.7. The van der Waals surface area contributed by atoms with Gasteiger partial charge in [-0.05, 0) is 67.6 Å². The van der Waals surface area contributed by atoms with Crippen LogP contribution in [0.5, 0.6) is 11.6 Å². The molecule has 2 atom stereocenters. The zero-order valence-electron chi connectivity index (χ0n) is 16.5. The van der Waals surface area contributed by atoms with Crippen molar-refractivity contribution in [2.45, 2.75) is 37.7 Å². The molecule has 2 N–H and O–H groups in total. The van der Waals surface area contributed by atoms with Crippen molar-refractivity contribution in [3.63, 3.8) is 0 Å². The number of nitrogens with zero attached hydrogens (tertiary/aromatic N) is 2. The molecule has 0 bridgehead atoms. The van der Waals surface area contributed by atoms with Crippen molar-refractivity contribution in [2.75, 3.05) is 5.32 Å². The molecule has 1 fully saturated rings. The number of pyridine rings is 1. The summed E-state index contributed by atoms with van der Waals surface area (Å²) >= 11 is 1.63. The fourth-order valence-corrected chi connectivity index (χ4v) is 4.90. The third-order valence-electron chi connectivity index (χ3n) is 5.50. The van der Waals surface area contributed by atoms with E-state index in [-0.39, 0.29) is 12.0 Å². The number of thiazole rings is 1. The summed E-state index contributed by atoms with van der Waals surface area (Å²) in [7, 11) is 0. The van der Waals surface area contributed by atoms with E-state index in [1.54, 1.807) is 17.5 Å². The zero-order valence-corrected chi connectivity index (χ0v) is 17.3. The maximum absolute atomic E-state index is 10.0. The van der Waals surface area contributed by atoms with Gasteiger partial charge in [-0.3, -0.25) is 0 Å². The van der Waals surface area contributed by atoms with E-state index in [9.17, 15) is 5.11 Å². The first-order valence-electron chi connectivity index (χ1n) is 10.3. The first kappa shape index (κ1) is 19.0. The van der Waals surface area contributed by atoms with Gasteiger partial charge in [0.15, 0.2) is 5.13 Å². The number of benzene rings is 2. The van der Waals surface area contributed by atoms with E-state index >= 15 is 0 Å². The summed E-state index contributed by atoms with van der Waals surface area (Å²) in [6.45, 7) is 0. The fraction of sp³-hybridized carbons (Fsp3) is 0.250. The van der Waals surface area contributed by atoms with Crippen molar-refractivity contribution in [3.05, 3.63) is 72.4 Å². The first-order valence-corrected chi connectivity index (χ1v) is 11.1. The van der Waals surface area contributed by atoms with Crippen LogP contribution in [0.1, 0.15) is 37.2 Å². The molecule has 2 unspecified atom stereocenters. The van der Waals surface area contributed by atoms with Gasteiger partial charge in [-0.1, -0.05) is 36.0 Å². The predicted octanol–water partition coefficient (Wildman–Crippen LogP) is 6.25. The average molecular weight is 418 g/mol. The quantitative estimate of drug-likeness (QED) is 0.402. The highest BCUT2D eigenvalue weighted by molar-refractivity contribution is 7.22. The minimum atomic E-state index is -0.232. The van der Waals surface area contributed by atoms with Gasteiger partial charge in [0.1, 0.15) is 5.75 Å². The SMILES string of the molecule is OC1CCCC(c2cccnc2Oc2ccc(Nc3nc4ccccc4s3)cc2)C1. The molecule has 0 amide bonds. The molecule has 4 aromatic rings. The Kier molecular flexibility index (Phi) is 5.34. The summed E-state index contributed by atoms with van der Waals surface area (Å²) in [5.41, 5.74) is 3.03. The summed E-state index contributed by atoms with van der Waals surface area (Å²) in [5.74, 6) is 1.65. The van der Waals surface area contributed by atoms with Crippen molar-refractivity contribution in [1.82, 2.24) is 9.97 Å². The minimum absolute atomic E-state index is 0.232. The van der Waals surface area contributed by atoms with E-state index in [4.69, 9.17) is 4.74 Å². The number of para-hydroxylation sites is 1. The molecule has 1 aliphatic rings. The van der Waals surface area contributed by atoms with Gasteiger partial charge in [0.2, 0.25) is 5.88 Å². The van der Waals surface area contributed by atoms with E-state index in [1.165, 1.54) is 0 Å². The molecular weight excluding hydrogens is 394 g/mol. The number of nitrogens with one attached hydrogen (secondary N) is 1. The highest BCUT2D eigenvalue weighted by Gasteiger charge is 2.24. The van der Waals surface area contributed by atoms with Gasteiger partial charge < -0.3 is 15.2 Å². The second kappa shape index (κ2) is 8.42. The Morgan fingerprint density at radius 2 is 1.87 bits per heavy atom. The van der Waals surface area contributed by atoms with E-state index in [1.807, 2.05) is 48.5 Å². The molecule has 0 radical (unpaired) electrons. The molecule has 152 valence electrons. The van der Waals surface area contributed by atoms with Gasteiger partial charge in [-0.15, -0.1) is 0 Å². The Hall–Kier alpha value is -2.96. The minimum Gasteiger partial charge on any atom is -0.439 e. The van der Waals surface area contributed by atoms with Gasteiger partial charge in [-0.25, -0.2) is 9.97 Å². The highest BCUT2D eigenvalue weighted by atomic mass is 32.1. The van der Waals surface area contributed by atoms with Crippen LogP contribution in [0, 0.1) is 0 Å². The van der Waals surface area contributed by atoms with Crippen LogP contribution in [0.25, 0.3) is 10.2 Å². The average Bonchev–Trinajstić information content (AvgIpc) is 3.18. The second-order valence-electron chi connectivity index (χ2n) is 7.65. The normalized spacial score (nSPS) is 19.0. The Balaban J connectivity index is 1.30. The lowest BCUT2D eigenvalue weighted by molar-refractivity contribution is 0.119. The van der Waals surface area contributed by atoms with Crippen molar-refractivity contribution in [2.24, 2.45) is 0 Å². The molecule has 1 aliphatic carbocycles. The summed E-state index contributed by atoms with van der Waals surface area (Å²) in [6, 6.07) is 19.9. The number of hydrogen-bond donors (Lipinski definition) is 2. The molecule has 0 spiro atoms. The Morgan fingerprint density at radius 1 is 1.00 bits per heavy atom. The third-order valence-corrected chi connectivity index (χ3v) is 6.45. The summed E-state index contributed by atoms with van der Waals surface area (Å²) in [6.07, 6.45) is 5.27. The molecule has 2 heterocycles. The van der Waals surface area contributed by atoms with E-state index in [2.05, 4.69) is 27.4 Å². The van der Waals surface area contributed by atoms with Crippen LogP contribution >= 0.6 is 11.3 Å². The van der Waals surface area contributed by atoms with Crippen LogP contribution in [0.3, 0.4) is 0 Å². The largest absolute Gasteiger partial charge is 0.439 e.